The Bertz CT molecular complexity index is 729. The Balaban J connectivity index is 2.12. The molecule has 0 saturated heterocycles. The van der Waals surface area contributed by atoms with E-state index in [-0.39, 0.29) is 12.5 Å². The highest BCUT2D eigenvalue weighted by atomic mass is 16.5. The summed E-state index contributed by atoms with van der Waals surface area (Å²) in [5.74, 6) is -0.451. The molecule has 1 aromatic carbocycles. The maximum Gasteiger partial charge on any atom is 0.271 e. The van der Waals surface area contributed by atoms with Crippen molar-refractivity contribution in [1.29, 1.82) is 0 Å². The summed E-state index contributed by atoms with van der Waals surface area (Å²) >= 11 is 0. The van der Waals surface area contributed by atoms with E-state index in [1.807, 2.05) is 0 Å². The monoisotopic (exact) mass is 312 g/mol. The standard InChI is InChI=1S/C16H16N4O3/c1-11(19-20-16(22)12-6-8-18-9-7-12)13-4-2-3-5-14(13)23-10-15(17)21/h2-9H,10H2,1H3,(H2,17,21)(H,20,22). The van der Waals surface area contributed by atoms with Crippen molar-refractivity contribution in [2.45, 2.75) is 6.92 Å². The molecular weight excluding hydrogens is 296 g/mol. The van der Waals surface area contributed by atoms with Gasteiger partial charge in [-0.1, -0.05) is 12.1 Å². The molecule has 0 aliphatic rings. The molecule has 118 valence electrons. The number of hydrazone groups is 1. The van der Waals surface area contributed by atoms with E-state index in [4.69, 9.17) is 10.5 Å². The number of carbonyl (C=O) groups excluding carboxylic acids is 2. The number of hydrogen-bond donors (Lipinski definition) is 2. The number of ether oxygens (including phenoxy) is 1. The lowest BCUT2D eigenvalue weighted by molar-refractivity contribution is -0.119. The molecule has 23 heavy (non-hydrogen) atoms. The van der Waals surface area contributed by atoms with Gasteiger partial charge in [-0.05, 0) is 31.2 Å². The van der Waals surface area contributed by atoms with Crippen LogP contribution in [0.1, 0.15) is 22.8 Å². The van der Waals surface area contributed by atoms with Crippen LogP contribution in [0.15, 0.2) is 53.9 Å². The van der Waals surface area contributed by atoms with Crippen molar-refractivity contribution in [1.82, 2.24) is 10.4 Å². The zero-order chi connectivity index (χ0) is 16.7. The number of amides is 2. The third-order valence-electron chi connectivity index (χ3n) is 2.91. The number of nitrogens with zero attached hydrogens (tertiary/aromatic N) is 2. The molecule has 0 bridgehead atoms. The molecule has 0 spiro atoms. The van der Waals surface area contributed by atoms with E-state index in [9.17, 15) is 9.59 Å². The fourth-order valence-electron chi connectivity index (χ4n) is 1.80. The lowest BCUT2D eigenvalue weighted by Crippen LogP contribution is -2.21. The highest BCUT2D eigenvalue weighted by Crippen LogP contribution is 2.18. The van der Waals surface area contributed by atoms with Crippen molar-refractivity contribution in [3.05, 3.63) is 59.9 Å². The number of pyridine rings is 1. The highest BCUT2D eigenvalue weighted by molar-refractivity contribution is 6.02. The SMILES string of the molecule is CC(=NNC(=O)c1ccncc1)c1ccccc1OCC(N)=O. The molecule has 0 aliphatic heterocycles. The topological polar surface area (TPSA) is 107 Å². The summed E-state index contributed by atoms with van der Waals surface area (Å²) in [7, 11) is 0. The summed E-state index contributed by atoms with van der Waals surface area (Å²) in [5, 5.41) is 4.06. The molecule has 0 saturated carbocycles. The number of benzene rings is 1. The summed E-state index contributed by atoms with van der Waals surface area (Å²) in [6.45, 7) is 1.49. The number of rotatable bonds is 6. The van der Waals surface area contributed by atoms with E-state index in [1.165, 1.54) is 12.4 Å². The van der Waals surface area contributed by atoms with Gasteiger partial charge in [-0.25, -0.2) is 5.43 Å². The lowest BCUT2D eigenvalue weighted by atomic mass is 10.1. The number of nitrogens with two attached hydrogens (primary N) is 1. The van der Waals surface area contributed by atoms with Crippen LogP contribution in [0.5, 0.6) is 5.75 Å². The third kappa shape index (κ3) is 4.63. The lowest BCUT2D eigenvalue weighted by Gasteiger charge is -2.10. The second-order valence-electron chi connectivity index (χ2n) is 4.63. The first kappa shape index (κ1) is 16.2. The average Bonchev–Trinajstić information content (AvgIpc) is 2.58. The minimum Gasteiger partial charge on any atom is -0.483 e. The molecule has 3 N–H and O–H groups in total. The summed E-state index contributed by atoms with van der Waals surface area (Å²) < 4.78 is 5.33. The van der Waals surface area contributed by atoms with E-state index < -0.39 is 5.91 Å². The van der Waals surface area contributed by atoms with Crippen LogP contribution >= 0.6 is 0 Å². The van der Waals surface area contributed by atoms with Crippen LogP contribution in [-0.2, 0) is 4.79 Å². The molecule has 2 rings (SSSR count). The van der Waals surface area contributed by atoms with Crippen molar-refractivity contribution in [3.63, 3.8) is 0 Å². The number of carbonyl (C=O) groups is 2. The normalized spacial score (nSPS) is 10.9. The van der Waals surface area contributed by atoms with Crippen LogP contribution in [-0.4, -0.2) is 29.1 Å². The quantitative estimate of drug-likeness (QED) is 0.615. The van der Waals surface area contributed by atoms with Gasteiger partial charge in [0.25, 0.3) is 11.8 Å². The van der Waals surface area contributed by atoms with Crippen LogP contribution in [0.3, 0.4) is 0 Å². The van der Waals surface area contributed by atoms with Crippen LogP contribution in [0.25, 0.3) is 0 Å². The highest BCUT2D eigenvalue weighted by Gasteiger charge is 2.09. The first-order chi connectivity index (χ1) is 11.1. The maximum atomic E-state index is 11.9. The van der Waals surface area contributed by atoms with Crippen LogP contribution in [0.4, 0.5) is 0 Å². The number of primary amides is 1. The van der Waals surface area contributed by atoms with E-state index >= 15 is 0 Å². The molecule has 2 amide bonds. The summed E-state index contributed by atoms with van der Waals surface area (Å²) in [5.41, 5.74) is 9.18. The molecule has 2 aromatic rings. The van der Waals surface area contributed by atoms with Crippen molar-refractivity contribution < 1.29 is 14.3 Å². The molecular formula is C16H16N4O3. The number of nitrogens with one attached hydrogen (secondary N) is 1. The van der Waals surface area contributed by atoms with Gasteiger partial charge in [-0.3, -0.25) is 14.6 Å². The van der Waals surface area contributed by atoms with Gasteiger partial charge < -0.3 is 10.5 Å². The summed E-state index contributed by atoms with van der Waals surface area (Å²) in [6, 6.07) is 10.2. The van der Waals surface area contributed by atoms with Gasteiger partial charge in [0.2, 0.25) is 0 Å². The minimum atomic E-state index is -0.569. The van der Waals surface area contributed by atoms with Gasteiger partial charge in [0, 0.05) is 23.5 Å². The molecule has 0 radical (unpaired) electrons. The Morgan fingerprint density at radius 2 is 1.91 bits per heavy atom. The van der Waals surface area contributed by atoms with Gasteiger partial charge in [-0.2, -0.15) is 5.10 Å². The van der Waals surface area contributed by atoms with Gasteiger partial charge in [0.05, 0.1) is 5.71 Å². The molecule has 1 heterocycles. The smallest absolute Gasteiger partial charge is 0.271 e. The number of hydrogen-bond acceptors (Lipinski definition) is 5. The van der Waals surface area contributed by atoms with Gasteiger partial charge >= 0.3 is 0 Å². The van der Waals surface area contributed by atoms with Crippen molar-refractivity contribution in [3.8, 4) is 5.75 Å². The molecule has 0 aliphatic carbocycles. The first-order valence-corrected chi connectivity index (χ1v) is 6.83. The first-order valence-electron chi connectivity index (χ1n) is 6.83. The second-order valence-corrected chi connectivity index (χ2v) is 4.63. The average molecular weight is 312 g/mol. The molecule has 0 fully saturated rings. The Kier molecular flexibility index (Phi) is 5.40. The van der Waals surface area contributed by atoms with E-state index in [2.05, 4.69) is 15.5 Å². The molecule has 1 aromatic heterocycles. The maximum absolute atomic E-state index is 11.9. The Hall–Kier alpha value is -3.22. The van der Waals surface area contributed by atoms with E-state index in [0.717, 1.165) is 0 Å². The zero-order valence-electron chi connectivity index (χ0n) is 12.5. The van der Waals surface area contributed by atoms with Crippen LogP contribution in [0, 0.1) is 0 Å². The number of aromatic nitrogens is 1. The Labute approximate surface area is 133 Å². The Morgan fingerprint density at radius 1 is 1.22 bits per heavy atom. The molecule has 0 atom stereocenters. The molecule has 7 nitrogen and oxygen atoms in total. The van der Waals surface area contributed by atoms with Gasteiger partial charge in [0.1, 0.15) is 5.75 Å². The van der Waals surface area contributed by atoms with Crippen LogP contribution < -0.4 is 15.9 Å². The molecule has 7 heteroatoms. The predicted molar refractivity (Wildman–Crippen MR) is 85.0 cm³/mol. The zero-order valence-corrected chi connectivity index (χ0v) is 12.5. The van der Waals surface area contributed by atoms with E-state index in [0.29, 0.717) is 22.6 Å². The van der Waals surface area contributed by atoms with Crippen molar-refractivity contribution in [2.24, 2.45) is 10.8 Å². The van der Waals surface area contributed by atoms with E-state index in [1.54, 1.807) is 43.3 Å². The van der Waals surface area contributed by atoms with Crippen LogP contribution in [0.2, 0.25) is 0 Å². The predicted octanol–water partition coefficient (Wildman–Crippen LogP) is 1.10. The minimum absolute atomic E-state index is 0.229. The Morgan fingerprint density at radius 3 is 2.61 bits per heavy atom. The summed E-state index contributed by atoms with van der Waals surface area (Å²) in [4.78, 5) is 26.6. The van der Waals surface area contributed by atoms with Crippen molar-refractivity contribution in [2.75, 3.05) is 6.61 Å². The van der Waals surface area contributed by atoms with Gasteiger partial charge in [0.15, 0.2) is 6.61 Å². The molecule has 0 unspecified atom stereocenters. The van der Waals surface area contributed by atoms with Gasteiger partial charge in [-0.15, -0.1) is 0 Å². The summed E-state index contributed by atoms with van der Waals surface area (Å²) in [6.07, 6.45) is 3.05. The fourth-order valence-corrected chi connectivity index (χ4v) is 1.80. The largest absolute Gasteiger partial charge is 0.483 e. The third-order valence-corrected chi connectivity index (χ3v) is 2.91. The fraction of sp³-hybridized carbons (Fsp3) is 0.125. The van der Waals surface area contributed by atoms with Crippen molar-refractivity contribution >= 4 is 17.5 Å². The number of para-hydroxylation sites is 1. The second kappa shape index (κ2) is 7.69.